The van der Waals surface area contributed by atoms with E-state index in [0.717, 1.165) is 0 Å². The van der Waals surface area contributed by atoms with Crippen molar-refractivity contribution < 1.29 is 15.3 Å². The van der Waals surface area contributed by atoms with E-state index in [2.05, 4.69) is 0 Å². The van der Waals surface area contributed by atoms with E-state index < -0.39 is 0 Å². The maximum Gasteiger partial charge on any atom is 0.133 e. The molecule has 0 fully saturated rings. The Kier molecular flexibility index (Phi) is 2.21. The van der Waals surface area contributed by atoms with E-state index >= 15 is 0 Å². The van der Waals surface area contributed by atoms with Crippen molar-refractivity contribution in [2.45, 2.75) is 0 Å². The zero-order chi connectivity index (χ0) is 10.8. The van der Waals surface area contributed by atoms with Crippen LogP contribution in [-0.2, 0) is 0 Å². The summed E-state index contributed by atoms with van der Waals surface area (Å²) in [7, 11) is 0. The van der Waals surface area contributed by atoms with Crippen LogP contribution in [0.25, 0.3) is 5.76 Å². The quantitative estimate of drug-likeness (QED) is 0.613. The summed E-state index contributed by atoms with van der Waals surface area (Å²) < 4.78 is 0. The minimum atomic E-state index is -0.145. The Labute approximate surface area is 86.9 Å². The average molecular weight is 202 g/mol. The number of rotatable bonds is 1. The highest BCUT2D eigenvalue weighted by molar-refractivity contribution is 5.73. The topological polar surface area (TPSA) is 60.7 Å². The van der Waals surface area contributed by atoms with Crippen LogP contribution in [0.2, 0.25) is 0 Å². The van der Waals surface area contributed by atoms with Crippen molar-refractivity contribution in [3.63, 3.8) is 0 Å². The lowest BCUT2D eigenvalue weighted by Crippen LogP contribution is -1.87. The molecule has 0 radical (unpaired) electrons. The Morgan fingerprint density at radius 2 is 1.67 bits per heavy atom. The molecule has 0 spiro atoms. The van der Waals surface area contributed by atoms with Crippen LogP contribution in [0.5, 0.6) is 11.5 Å². The molecule has 1 aromatic rings. The molecule has 3 heteroatoms. The van der Waals surface area contributed by atoms with E-state index in [0.29, 0.717) is 11.1 Å². The molecule has 0 aromatic heterocycles. The molecule has 1 aromatic carbocycles. The highest BCUT2D eigenvalue weighted by Crippen LogP contribution is 2.30. The van der Waals surface area contributed by atoms with E-state index in [1.807, 2.05) is 0 Å². The largest absolute Gasteiger partial charge is 0.508 e. The first-order chi connectivity index (χ1) is 7.18. The molecule has 2 rings (SSSR count). The number of phenols is 2. The van der Waals surface area contributed by atoms with Crippen LogP contribution >= 0.6 is 0 Å². The predicted molar refractivity (Wildman–Crippen MR) is 57.6 cm³/mol. The summed E-state index contributed by atoms with van der Waals surface area (Å²) in [5.41, 5.74) is 0.940. The smallest absolute Gasteiger partial charge is 0.133 e. The number of hydrogen-bond acceptors (Lipinski definition) is 3. The first-order valence-electron chi connectivity index (χ1n) is 4.49. The molecule has 0 amide bonds. The molecule has 15 heavy (non-hydrogen) atoms. The lowest BCUT2D eigenvalue weighted by Gasteiger charge is -2.05. The predicted octanol–water partition coefficient (Wildman–Crippen LogP) is 2.49. The minimum Gasteiger partial charge on any atom is -0.508 e. The molecule has 0 heterocycles. The number of aliphatic hydroxyl groups excluding tert-OH is 1. The van der Waals surface area contributed by atoms with Gasteiger partial charge in [0.25, 0.3) is 0 Å². The summed E-state index contributed by atoms with van der Waals surface area (Å²) in [6.07, 6.45) is 7.06. The van der Waals surface area contributed by atoms with E-state index in [1.54, 1.807) is 24.3 Å². The molecule has 0 unspecified atom stereocenters. The van der Waals surface area contributed by atoms with Gasteiger partial charge in [0.05, 0.1) is 5.56 Å². The second-order valence-corrected chi connectivity index (χ2v) is 3.22. The van der Waals surface area contributed by atoms with Crippen LogP contribution in [0.1, 0.15) is 5.56 Å². The fraction of sp³-hybridized carbons (Fsp3) is 0. The van der Waals surface area contributed by atoms with Crippen LogP contribution in [0, 0.1) is 0 Å². The fourth-order valence-electron chi connectivity index (χ4n) is 1.41. The van der Waals surface area contributed by atoms with Gasteiger partial charge in [-0.15, -0.1) is 0 Å². The zero-order valence-corrected chi connectivity index (χ0v) is 7.88. The number of allylic oxidation sites excluding steroid dienone is 5. The highest BCUT2D eigenvalue weighted by Gasteiger charge is 2.10. The molecule has 0 saturated heterocycles. The van der Waals surface area contributed by atoms with Gasteiger partial charge in [-0.25, -0.2) is 0 Å². The Bertz CT molecular complexity index is 468. The summed E-state index contributed by atoms with van der Waals surface area (Å²) in [5, 5.41) is 28.4. The number of aromatic hydroxyl groups is 2. The number of hydrogen-bond donors (Lipinski definition) is 3. The third kappa shape index (κ3) is 1.72. The van der Waals surface area contributed by atoms with Crippen molar-refractivity contribution in [3.8, 4) is 11.5 Å². The van der Waals surface area contributed by atoms with Gasteiger partial charge in [-0.1, -0.05) is 24.3 Å². The van der Waals surface area contributed by atoms with Crippen molar-refractivity contribution >= 4 is 5.76 Å². The van der Waals surface area contributed by atoms with Gasteiger partial charge in [0.2, 0.25) is 0 Å². The Morgan fingerprint density at radius 1 is 1.00 bits per heavy atom. The van der Waals surface area contributed by atoms with Gasteiger partial charge in [-0.2, -0.15) is 0 Å². The van der Waals surface area contributed by atoms with Gasteiger partial charge in [0.1, 0.15) is 17.3 Å². The van der Waals surface area contributed by atoms with E-state index in [9.17, 15) is 10.2 Å². The minimum absolute atomic E-state index is 0.00231. The maximum absolute atomic E-state index is 9.83. The molecule has 3 N–H and O–H groups in total. The number of benzene rings is 1. The van der Waals surface area contributed by atoms with Crippen LogP contribution in [0.15, 0.2) is 48.1 Å². The van der Waals surface area contributed by atoms with Crippen LogP contribution in [0.4, 0.5) is 0 Å². The molecular formula is C12H10O3. The summed E-state index contributed by atoms with van der Waals surface area (Å²) in [6.45, 7) is 0. The standard InChI is InChI=1S/C12H10O3/c13-9-5-6-10(11(14)7-9)12(15)8-3-1-2-4-8/h1-7,13-15H. The van der Waals surface area contributed by atoms with Crippen LogP contribution < -0.4 is 0 Å². The molecule has 1 aliphatic carbocycles. The third-order valence-corrected chi connectivity index (χ3v) is 2.17. The molecule has 0 atom stereocenters. The van der Waals surface area contributed by atoms with E-state index in [1.165, 1.54) is 18.2 Å². The second kappa shape index (κ2) is 3.53. The third-order valence-electron chi connectivity index (χ3n) is 2.17. The Morgan fingerprint density at radius 3 is 2.27 bits per heavy atom. The van der Waals surface area contributed by atoms with Gasteiger partial charge in [-0.05, 0) is 12.1 Å². The average Bonchev–Trinajstić information content (AvgIpc) is 2.69. The van der Waals surface area contributed by atoms with Gasteiger partial charge in [0, 0.05) is 11.6 Å². The number of phenolic OH excluding ortho intramolecular Hbond substituents is 2. The Balaban J connectivity index is 2.50. The molecule has 0 bridgehead atoms. The van der Waals surface area contributed by atoms with Crippen molar-refractivity contribution in [3.05, 3.63) is 53.6 Å². The molecule has 76 valence electrons. The van der Waals surface area contributed by atoms with Crippen molar-refractivity contribution in [2.75, 3.05) is 0 Å². The normalized spacial score (nSPS) is 13.5. The van der Waals surface area contributed by atoms with Crippen LogP contribution in [0.3, 0.4) is 0 Å². The van der Waals surface area contributed by atoms with Crippen molar-refractivity contribution in [1.82, 2.24) is 0 Å². The summed E-state index contributed by atoms with van der Waals surface area (Å²) in [5.74, 6) is -0.183. The lowest BCUT2D eigenvalue weighted by atomic mass is 10.1. The maximum atomic E-state index is 9.83. The van der Waals surface area contributed by atoms with Gasteiger partial charge >= 0.3 is 0 Å². The summed E-state index contributed by atoms with van der Waals surface area (Å²) in [4.78, 5) is 0. The van der Waals surface area contributed by atoms with Gasteiger partial charge in [-0.3, -0.25) is 0 Å². The molecular weight excluding hydrogens is 192 g/mol. The molecule has 1 aliphatic rings. The van der Waals surface area contributed by atoms with Gasteiger partial charge < -0.3 is 15.3 Å². The first kappa shape index (κ1) is 9.40. The molecule has 0 saturated carbocycles. The van der Waals surface area contributed by atoms with Crippen LogP contribution in [-0.4, -0.2) is 15.3 Å². The lowest BCUT2D eigenvalue weighted by molar-refractivity contribution is 0.442. The molecule has 3 nitrogen and oxygen atoms in total. The van der Waals surface area contributed by atoms with Crippen molar-refractivity contribution in [2.24, 2.45) is 0 Å². The molecule has 0 aliphatic heterocycles. The highest BCUT2D eigenvalue weighted by atomic mass is 16.3. The van der Waals surface area contributed by atoms with E-state index in [-0.39, 0.29) is 17.3 Å². The second-order valence-electron chi connectivity index (χ2n) is 3.22. The summed E-state index contributed by atoms with van der Waals surface area (Å²) in [6, 6.07) is 4.07. The Hall–Kier alpha value is -2.16. The summed E-state index contributed by atoms with van der Waals surface area (Å²) >= 11 is 0. The zero-order valence-electron chi connectivity index (χ0n) is 7.88. The van der Waals surface area contributed by atoms with E-state index in [4.69, 9.17) is 5.11 Å². The fourth-order valence-corrected chi connectivity index (χ4v) is 1.41. The van der Waals surface area contributed by atoms with Crippen molar-refractivity contribution in [1.29, 1.82) is 0 Å². The SMILES string of the molecule is OC(=C1C=CC=C1)c1ccc(O)cc1O. The monoisotopic (exact) mass is 202 g/mol. The first-order valence-corrected chi connectivity index (χ1v) is 4.49. The van der Waals surface area contributed by atoms with Gasteiger partial charge in [0.15, 0.2) is 0 Å². The number of aliphatic hydroxyl groups is 1.